The van der Waals surface area contributed by atoms with Gasteiger partial charge in [-0.05, 0) is 54.8 Å². The zero-order valence-electron chi connectivity index (χ0n) is 19.7. The molecular weight excluding hydrogens is 481 g/mol. The van der Waals surface area contributed by atoms with Gasteiger partial charge in [-0.25, -0.2) is 18.4 Å². The Hall–Kier alpha value is -3.47. The molecule has 0 amide bonds. The molecule has 0 saturated carbocycles. The van der Waals surface area contributed by atoms with E-state index in [9.17, 15) is 21.6 Å². The van der Waals surface area contributed by atoms with Crippen LogP contribution in [0.4, 0.5) is 13.2 Å². The van der Waals surface area contributed by atoms with Crippen LogP contribution in [0.25, 0.3) is 33.7 Å². The summed E-state index contributed by atoms with van der Waals surface area (Å²) in [5.41, 5.74) is 2.45. The number of aryl methyl sites for hydroxylation is 3. The molecule has 0 spiro atoms. The van der Waals surface area contributed by atoms with E-state index in [0.717, 1.165) is 34.7 Å². The molecule has 4 aromatic rings. The number of nitrogens with zero attached hydrogens (tertiary/aromatic N) is 4. The van der Waals surface area contributed by atoms with Crippen LogP contribution in [-0.2, 0) is 23.1 Å². The highest BCUT2D eigenvalue weighted by Gasteiger charge is 2.33. The van der Waals surface area contributed by atoms with Gasteiger partial charge in [0.25, 0.3) is 0 Å². The summed E-state index contributed by atoms with van der Waals surface area (Å²) in [6.45, 7) is 5.30. The maximum absolute atomic E-state index is 13.1. The number of alkyl halides is 3. The van der Waals surface area contributed by atoms with E-state index in [4.69, 9.17) is 4.74 Å². The Labute approximate surface area is 200 Å². The summed E-state index contributed by atoms with van der Waals surface area (Å²) in [5, 5.41) is 0. The van der Waals surface area contributed by atoms with Crippen LogP contribution in [0.1, 0.15) is 23.7 Å². The summed E-state index contributed by atoms with van der Waals surface area (Å²) >= 11 is 0. The molecule has 0 unspecified atom stereocenters. The first-order valence-electron chi connectivity index (χ1n) is 10.7. The predicted octanol–water partition coefficient (Wildman–Crippen LogP) is 5.14. The number of ether oxygens (including phenoxy) is 1. The Morgan fingerprint density at radius 3 is 2.23 bits per heavy atom. The van der Waals surface area contributed by atoms with Gasteiger partial charge in [0.1, 0.15) is 17.1 Å². The summed E-state index contributed by atoms with van der Waals surface area (Å²) in [5.74, 6) is 0.684. The largest absolute Gasteiger partial charge is 0.496 e. The molecule has 3 aromatic heterocycles. The van der Waals surface area contributed by atoms with E-state index in [1.165, 1.54) is 23.8 Å². The second-order valence-corrected chi connectivity index (χ2v) is 10.4. The maximum atomic E-state index is 13.1. The van der Waals surface area contributed by atoms with Crippen molar-refractivity contribution in [1.82, 2.24) is 19.5 Å². The molecule has 0 bridgehead atoms. The van der Waals surface area contributed by atoms with Crippen molar-refractivity contribution in [2.24, 2.45) is 7.05 Å². The zero-order chi connectivity index (χ0) is 25.7. The lowest BCUT2D eigenvalue weighted by atomic mass is 10.0. The summed E-state index contributed by atoms with van der Waals surface area (Å²) in [6, 6.07) is 6.12. The lowest BCUT2D eigenvalue weighted by Crippen LogP contribution is -2.09. The van der Waals surface area contributed by atoms with Crippen molar-refractivity contribution in [3.63, 3.8) is 0 Å². The van der Waals surface area contributed by atoms with Crippen LogP contribution < -0.4 is 4.74 Å². The van der Waals surface area contributed by atoms with Crippen molar-refractivity contribution in [2.75, 3.05) is 12.9 Å². The number of imidazole rings is 1. The third kappa shape index (κ3) is 4.36. The molecule has 4 rings (SSSR count). The molecule has 11 heteroatoms. The second-order valence-electron chi connectivity index (χ2n) is 8.17. The van der Waals surface area contributed by atoms with Crippen LogP contribution in [0.15, 0.2) is 41.6 Å². The van der Waals surface area contributed by atoms with E-state index in [1.807, 2.05) is 26.0 Å². The first-order chi connectivity index (χ1) is 16.4. The number of methoxy groups -OCH3 is 1. The molecule has 0 fully saturated rings. The van der Waals surface area contributed by atoms with Gasteiger partial charge in [-0.2, -0.15) is 13.2 Å². The molecule has 7 nitrogen and oxygen atoms in total. The molecule has 0 N–H and O–H groups in total. The molecule has 3 heterocycles. The average molecular weight is 505 g/mol. The average Bonchev–Trinajstić information content (AvgIpc) is 3.13. The Morgan fingerprint density at radius 2 is 1.66 bits per heavy atom. The fourth-order valence-corrected chi connectivity index (χ4v) is 5.11. The van der Waals surface area contributed by atoms with E-state index >= 15 is 0 Å². The Kier molecular flexibility index (Phi) is 6.08. The molecule has 0 radical (unpaired) electrons. The lowest BCUT2D eigenvalue weighted by molar-refractivity contribution is -0.141. The van der Waals surface area contributed by atoms with Crippen LogP contribution in [0.5, 0.6) is 5.75 Å². The van der Waals surface area contributed by atoms with Gasteiger partial charge in [-0.3, -0.25) is 4.98 Å². The number of benzene rings is 1. The van der Waals surface area contributed by atoms with Crippen molar-refractivity contribution < 1.29 is 26.3 Å². The molecule has 0 saturated heterocycles. The van der Waals surface area contributed by atoms with Gasteiger partial charge in [0.15, 0.2) is 15.7 Å². The fraction of sp³-hybridized carbons (Fsp3) is 0.292. The Morgan fingerprint density at radius 1 is 1.00 bits per heavy atom. The van der Waals surface area contributed by atoms with Gasteiger partial charge in [0.2, 0.25) is 0 Å². The van der Waals surface area contributed by atoms with E-state index < -0.39 is 21.7 Å². The van der Waals surface area contributed by atoms with Crippen molar-refractivity contribution in [3.8, 4) is 28.4 Å². The normalized spacial score (nSPS) is 12.3. The SMILES string of the molecule is CCS(=O)(=O)c1cc(-c2cc(C)c(OC)c(C)c2)cnc1-c1nc2cc(C(F)(F)F)ncc2n1C. The highest BCUT2D eigenvalue weighted by Crippen LogP contribution is 2.35. The molecule has 0 aliphatic carbocycles. The third-order valence-electron chi connectivity index (χ3n) is 5.84. The number of halogens is 3. The zero-order valence-corrected chi connectivity index (χ0v) is 20.5. The van der Waals surface area contributed by atoms with Crippen LogP contribution in [0.2, 0.25) is 0 Å². The third-order valence-corrected chi connectivity index (χ3v) is 7.58. The standard InChI is InChI=1S/C24H23F3N4O3S/c1-6-35(32,33)19-9-16(15-7-13(2)22(34-5)14(3)8-15)11-29-21(19)23-30-17-10-20(24(25,26)27)28-12-18(17)31(23)4/h7-12H,6H2,1-5H3. The van der Waals surface area contributed by atoms with E-state index in [1.54, 1.807) is 14.2 Å². The van der Waals surface area contributed by atoms with Crippen LogP contribution in [0, 0.1) is 13.8 Å². The molecular formula is C24H23F3N4O3S. The molecule has 0 aliphatic heterocycles. The summed E-state index contributed by atoms with van der Waals surface area (Å²) in [4.78, 5) is 12.2. The van der Waals surface area contributed by atoms with Crippen molar-refractivity contribution >= 4 is 20.9 Å². The first-order valence-corrected chi connectivity index (χ1v) is 12.3. The predicted molar refractivity (Wildman–Crippen MR) is 126 cm³/mol. The van der Waals surface area contributed by atoms with Gasteiger partial charge in [-0.15, -0.1) is 0 Å². The van der Waals surface area contributed by atoms with Crippen molar-refractivity contribution in [3.05, 3.63) is 53.5 Å². The van der Waals surface area contributed by atoms with Gasteiger partial charge >= 0.3 is 6.18 Å². The molecule has 0 atom stereocenters. The van der Waals surface area contributed by atoms with E-state index in [2.05, 4.69) is 15.0 Å². The minimum atomic E-state index is -4.63. The molecule has 0 aliphatic rings. The molecule has 184 valence electrons. The van der Waals surface area contributed by atoms with Crippen molar-refractivity contribution in [2.45, 2.75) is 31.8 Å². The summed E-state index contributed by atoms with van der Waals surface area (Å²) < 4.78 is 72.4. The second kappa shape index (κ2) is 8.63. The maximum Gasteiger partial charge on any atom is 0.433 e. The van der Waals surface area contributed by atoms with E-state index in [0.29, 0.717) is 11.1 Å². The summed E-state index contributed by atoms with van der Waals surface area (Å²) in [7, 11) is -0.601. The molecule has 1 aromatic carbocycles. The Balaban J connectivity index is 1.94. The first kappa shape index (κ1) is 24.6. The lowest BCUT2D eigenvalue weighted by Gasteiger charge is -2.14. The smallest absolute Gasteiger partial charge is 0.433 e. The number of hydrogen-bond donors (Lipinski definition) is 0. The van der Waals surface area contributed by atoms with Crippen LogP contribution in [0.3, 0.4) is 0 Å². The number of sulfone groups is 1. The molecule has 35 heavy (non-hydrogen) atoms. The fourth-order valence-electron chi connectivity index (χ4n) is 4.06. The number of pyridine rings is 2. The van der Waals surface area contributed by atoms with Gasteiger partial charge in [0, 0.05) is 18.8 Å². The number of fused-ring (bicyclic) bond motifs is 1. The minimum Gasteiger partial charge on any atom is -0.496 e. The number of hydrogen-bond acceptors (Lipinski definition) is 6. The quantitative estimate of drug-likeness (QED) is 0.374. The highest BCUT2D eigenvalue weighted by molar-refractivity contribution is 7.91. The highest BCUT2D eigenvalue weighted by atomic mass is 32.2. The number of rotatable bonds is 5. The monoisotopic (exact) mass is 504 g/mol. The van der Waals surface area contributed by atoms with Crippen LogP contribution in [-0.4, -0.2) is 40.8 Å². The van der Waals surface area contributed by atoms with Crippen molar-refractivity contribution in [1.29, 1.82) is 0 Å². The number of aromatic nitrogens is 4. The van der Waals surface area contributed by atoms with E-state index in [-0.39, 0.29) is 27.7 Å². The topological polar surface area (TPSA) is 87.0 Å². The Bertz CT molecular complexity index is 1540. The van der Waals surface area contributed by atoms with Gasteiger partial charge < -0.3 is 9.30 Å². The van der Waals surface area contributed by atoms with Gasteiger partial charge in [-0.1, -0.05) is 6.92 Å². The van der Waals surface area contributed by atoms with Crippen LogP contribution >= 0.6 is 0 Å². The minimum absolute atomic E-state index is 0.0388. The van der Waals surface area contributed by atoms with Gasteiger partial charge in [0.05, 0.1) is 35.0 Å². The summed E-state index contributed by atoms with van der Waals surface area (Å²) in [6.07, 6.45) is -2.03.